The molecule has 0 aromatic carbocycles. The third kappa shape index (κ3) is 51.5. The molecule has 368 valence electrons. The van der Waals surface area contributed by atoms with Crippen LogP contribution in [0.3, 0.4) is 0 Å². The molecule has 0 saturated carbocycles. The van der Waals surface area contributed by atoms with Gasteiger partial charge >= 0.3 is 5.97 Å². The number of rotatable bonds is 44. The van der Waals surface area contributed by atoms with Gasteiger partial charge in [0.1, 0.15) is 19.3 Å². The molecular formula is C56H92NO7P. The number of hydrogen-bond donors (Lipinski definition) is 0. The summed E-state index contributed by atoms with van der Waals surface area (Å²) in [7, 11) is 1.29. The second-order valence-electron chi connectivity index (χ2n) is 17.1. The van der Waals surface area contributed by atoms with E-state index in [0.29, 0.717) is 24.1 Å². The second kappa shape index (κ2) is 47.1. The van der Waals surface area contributed by atoms with Crippen molar-refractivity contribution in [1.29, 1.82) is 0 Å². The first-order valence-electron chi connectivity index (χ1n) is 24.9. The highest BCUT2D eigenvalue weighted by Gasteiger charge is 2.20. The van der Waals surface area contributed by atoms with E-state index in [9.17, 15) is 14.3 Å². The molecular weight excluding hydrogens is 830 g/mol. The third-order valence-electron chi connectivity index (χ3n) is 9.70. The molecule has 0 aliphatic heterocycles. The number of allylic oxidation sites excluding steroid dienone is 22. The molecule has 2 unspecified atom stereocenters. The maximum Gasteiger partial charge on any atom is 0.306 e. The Bertz CT molecular complexity index is 1490. The van der Waals surface area contributed by atoms with Gasteiger partial charge < -0.3 is 27.9 Å². The zero-order valence-corrected chi connectivity index (χ0v) is 42.5. The molecule has 0 saturated heterocycles. The second-order valence-corrected chi connectivity index (χ2v) is 18.5. The molecule has 0 rings (SSSR count). The number of carbonyl (C=O) groups excluding carboxylic acids is 1. The van der Waals surface area contributed by atoms with Crippen molar-refractivity contribution >= 4 is 13.8 Å². The van der Waals surface area contributed by atoms with Crippen LogP contribution in [0.1, 0.15) is 155 Å². The molecule has 0 radical (unpaired) electrons. The summed E-state index contributed by atoms with van der Waals surface area (Å²) in [5.41, 5.74) is 0. The van der Waals surface area contributed by atoms with Gasteiger partial charge in [0.25, 0.3) is 7.82 Å². The molecule has 0 aliphatic rings. The van der Waals surface area contributed by atoms with Crippen molar-refractivity contribution in [2.45, 2.75) is 161 Å². The average Bonchev–Trinajstić information content (AvgIpc) is 3.27. The van der Waals surface area contributed by atoms with Gasteiger partial charge in [0.2, 0.25) is 0 Å². The number of ether oxygens (including phenoxy) is 2. The minimum absolute atomic E-state index is 0.00410. The number of phosphoric acid groups is 1. The lowest BCUT2D eigenvalue weighted by Crippen LogP contribution is -2.37. The van der Waals surface area contributed by atoms with Crippen LogP contribution in [0.25, 0.3) is 0 Å². The number of carbonyl (C=O) groups is 1. The molecule has 0 heterocycles. The third-order valence-corrected chi connectivity index (χ3v) is 10.7. The summed E-state index contributed by atoms with van der Waals surface area (Å²) in [6.45, 7) is 5.04. The smallest absolute Gasteiger partial charge is 0.306 e. The number of nitrogens with zero attached hydrogens (tertiary/aromatic N) is 1. The minimum atomic E-state index is -4.56. The lowest BCUT2D eigenvalue weighted by Gasteiger charge is -2.28. The normalized spacial score (nSPS) is 14.7. The zero-order chi connectivity index (χ0) is 47.6. The molecule has 0 bridgehead atoms. The highest BCUT2D eigenvalue weighted by molar-refractivity contribution is 7.45. The Kier molecular flexibility index (Phi) is 44.7. The van der Waals surface area contributed by atoms with Crippen LogP contribution in [0, 0.1) is 0 Å². The first kappa shape index (κ1) is 61.6. The van der Waals surface area contributed by atoms with E-state index >= 15 is 0 Å². The largest absolute Gasteiger partial charge is 0.756 e. The van der Waals surface area contributed by atoms with Gasteiger partial charge in [0, 0.05) is 13.0 Å². The number of hydrogen-bond acceptors (Lipinski definition) is 7. The van der Waals surface area contributed by atoms with E-state index in [2.05, 4.69) is 148 Å². The Hall–Kier alpha value is -3.36. The molecule has 2 atom stereocenters. The van der Waals surface area contributed by atoms with Gasteiger partial charge in [0.05, 0.1) is 34.4 Å². The fourth-order valence-electron chi connectivity index (χ4n) is 5.94. The van der Waals surface area contributed by atoms with E-state index in [1.165, 1.54) is 25.7 Å². The highest BCUT2D eigenvalue weighted by Crippen LogP contribution is 2.38. The first-order chi connectivity index (χ1) is 31.6. The van der Waals surface area contributed by atoms with Crippen LogP contribution in [0.4, 0.5) is 0 Å². The van der Waals surface area contributed by atoms with Gasteiger partial charge in [-0.1, -0.05) is 180 Å². The number of quaternary nitrogens is 1. The summed E-state index contributed by atoms with van der Waals surface area (Å²) in [5.74, 6) is -0.402. The maximum absolute atomic E-state index is 12.7. The maximum atomic E-state index is 12.7. The highest BCUT2D eigenvalue weighted by atomic mass is 31.2. The van der Waals surface area contributed by atoms with Crippen LogP contribution < -0.4 is 4.89 Å². The van der Waals surface area contributed by atoms with Crippen molar-refractivity contribution in [2.75, 3.05) is 54.1 Å². The molecule has 9 heteroatoms. The van der Waals surface area contributed by atoms with Gasteiger partial charge in [-0.05, 0) is 103 Å². The molecule has 0 spiro atoms. The van der Waals surface area contributed by atoms with E-state index in [-0.39, 0.29) is 26.2 Å². The standard InChI is InChI=1S/C56H92NO7P/c1-6-8-10-12-14-16-18-20-22-24-26-28-29-30-31-33-35-37-39-41-43-45-47-49-56(58)64-55(54-63-65(59,60)62-52-50-57(3,4)5)53-61-51-48-46-44-42-40-38-36-34-32-27-25-23-21-19-17-15-13-11-9-7-2/h8-11,14-17,20-23,26-28,30-32,35,37,41,43,55H,6-7,12-13,18-19,24-25,29,33-34,36,38-40,42,44-54H2,1-5H3/b10-8-,11-9-,16-14-,17-15-,22-20-,23-21-,28-26-,31-30-,32-27-,37-35-,43-41-. The van der Waals surface area contributed by atoms with Crippen LogP contribution >= 0.6 is 7.82 Å². The summed E-state index contributed by atoms with van der Waals surface area (Å²) in [5, 5.41) is 0. The topological polar surface area (TPSA) is 94.1 Å². The summed E-state index contributed by atoms with van der Waals surface area (Å²) in [4.78, 5) is 25.2. The van der Waals surface area contributed by atoms with E-state index in [1.54, 1.807) is 0 Å². The molecule has 0 N–H and O–H groups in total. The lowest BCUT2D eigenvalue weighted by atomic mass is 10.1. The fourth-order valence-corrected chi connectivity index (χ4v) is 6.67. The lowest BCUT2D eigenvalue weighted by molar-refractivity contribution is -0.870. The Morgan fingerprint density at radius 1 is 0.477 bits per heavy atom. The van der Waals surface area contributed by atoms with Gasteiger partial charge in [-0.25, -0.2) is 0 Å². The van der Waals surface area contributed by atoms with Gasteiger partial charge in [-0.3, -0.25) is 9.36 Å². The Morgan fingerprint density at radius 2 is 0.846 bits per heavy atom. The monoisotopic (exact) mass is 922 g/mol. The SMILES string of the molecule is CC/C=C\C/C=C\C/C=C\C/C=C\C/C=C\C/C=C\C/C=C\CCCC(=O)OC(COCCCCCCCCC/C=C\C/C=C\C/C=C\C/C=C\CC)COP(=O)([O-])OCC[N+](C)(C)C. The molecule has 65 heavy (non-hydrogen) atoms. The molecule has 0 aromatic heterocycles. The van der Waals surface area contributed by atoms with Crippen LogP contribution in [0.15, 0.2) is 134 Å². The zero-order valence-electron chi connectivity index (χ0n) is 41.6. The fraction of sp³-hybridized carbons (Fsp3) is 0.589. The Labute approximate surface area is 398 Å². The molecule has 0 fully saturated rings. The predicted octanol–water partition coefficient (Wildman–Crippen LogP) is 14.9. The van der Waals surface area contributed by atoms with Crippen molar-refractivity contribution in [2.24, 2.45) is 0 Å². The van der Waals surface area contributed by atoms with E-state index in [1.807, 2.05) is 21.1 Å². The van der Waals surface area contributed by atoms with Crippen molar-refractivity contribution in [1.82, 2.24) is 0 Å². The van der Waals surface area contributed by atoms with E-state index in [4.69, 9.17) is 18.5 Å². The number of esters is 1. The summed E-state index contributed by atoms with van der Waals surface area (Å²) in [6.07, 6.45) is 69.1. The predicted molar refractivity (Wildman–Crippen MR) is 277 cm³/mol. The Balaban J connectivity index is 4.35. The van der Waals surface area contributed by atoms with Crippen molar-refractivity contribution < 1.29 is 37.3 Å². The Morgan fingerprint density at radius 3 is 1.26 bits per heavy atom. The number of phosphoric ester groups is 1. The van der Waals surface area contributed by atoms with Crippen molar-refractivity contribution in [3.8, 4) is 0 Å². The summed E-state index contributed by atoms with van der Waals surface area (Å²) in [6, 6.07) is 0. The van der Waals surface area contributed by atoms with Crippen molar-refractivity contribution in [3.63, 3.8) is 0 Å². The number of unbranched alkanes of at least 4 members (excludes halogenated alkanes) is 8. The minimum Gasteiger partial charge on any atom is -0.756 e. The first-order valence-corrected chi connectivity index (χ1v) is 26.4. The van der Waals surface area contributed by atoms with Gasteiger partial charge in [-0.15, -0.1) is 0 Å². The van der Waals surface area contributed by atoms with Gasteiger partial charge in [-0.2, -0.15) is 0 Å². The van der Waals surface area contributed by atoms with Crippen LogP contribution in [0.2, 0.25) is 0 Å². The van der Waals surface area contributed by atoms with Gasteiger partial charge in [0.15, 0.2) is 0 Å². The van der Waals surface area contributed by atoms with E-state index < -0.39 is 19.9 Å². The van der Waals surface area contributed by atoms with E-state index in [0.717, 1.165) is 103 Å². The quantitative estimate of drug-likeness (QED) is 0.0197. The summed E-state index contributed by atoms with van der Waals surface area (Å²) >= 11 is 0. The summed E-state index contributed by atoms with van der Waals surface area (Å²) < 4.78 is 34.6. The molecule has 0 aromatic rings. The molecule has 8 nitrogen and oxygen atoms in total. The van der Waals surface area contributed by atoms with Crippen LogP contribution in [0.5, 0.6) is 0 Å². The number of likely N-dealkylation sites (N-methyl/N-ethyl adjacent to an activating group) is 1. The molecule has 0 amide bonds. The van der Waals surface area contributed by atoms with Crippen molar-refractivity contribution in [3.05, 3.63) is 134 Å². The average molecular weight is 922 g/mol. The molecule has 0 aliphatic carbocycles. The van der Waals surface area contributed by atoms with Crippen LogP contribution in [-0.2, 0) is 27.9 Å². The van der Waals surface area contributed by atoms with Crippen LogP contribution in [-0.4, -0.2) is 70.7 Å².